The number of carbonyl (C=O) groups is 1. The van der Waals surface area contributed by atoms with Gasteiger partial charge in [0.05, 0.1) is 0 Å². The number of hydrogen-bond donors (Lipinski definition) is 0. The van der Waals surface area contributed by atoms with Crippen LogP contribution in [0.5, 0.6) is 0 Å². The van der Waals surface area contributed by atoms with Crippen molar-refractivity contribution in [1.82, 2.24) is 0 Å². The molecule has 0 bridgehead atoms. The van der Waals surface area contributed by atoms with Gasteiger partial charge < -0.3 is 0 Å². The predicted octanol–water partition coefficient (Wildman–Crippen LogP) is 0.658. The van der Waals surface area contributed by atoms with Gasteiger partial charge in [-0.3, -0.25) is 4.79 Å². The summed E-state index contributed by atoms with van der Waals surface area (Å²) in [6.07, 6.45) is 2.20. The lowest BCUT2D eigenvalue weighted by molar-refractivity contribution is -0.107. The molecule has 3 nitrogen and oxygen atoms in total. The molecule has 0 rings (SSSR count). The van der Waals surface area contributed by atoms with E-state index in [0.717, 1.165) is 6.08 Å². The molecule has 0 aromatic heterocycles. The van der Waals surface area contributed by atoms with E-state index in [1.165, 1.54) is 13.0 Å². The first-order chi connectivity index (χ1) is 3.98. The lowest BCUT2D eigenvalue weighted by atomic mass is 10.6. The van der Waals surface area contributed by atoms with Crippen molar-refractivity contribution in [1.29, 1.82) is 0 Å². The second kappa shape index (κ2) is 2.98. The van der Waals surface area contributed by atoms with Gasteiger partial charge in [0.1, 0.15) is 0 Å². The van der Waals surface area contributed by atoms with Gasteiger partial charge in [-0.15, -0.1) is 0 Å². The Hall–Kier alpha value is -0.350. The molecular weight excluding hydrogens is 164 g/mol. The summed E-state index contributed by atoms with van der Waals surface area (Å²) in [5, 5.41) is -1.08. The van der Waals surface area contributed by atoms with Crippen molar-refractivity contribution in [3.05, 3.63) is 12.2 Å². The highest BCUT2D eigenvalue weighted by Crippen LogP contribution is 1.98. The Morgan fingerprint density at radius 1 is 1.56 bits per heavy atom. The van der Waals surface area contributed by atoms with Gasteiger partial charge >= 0.3 is 0 Å². The molecule has 0 saturated carbocycles. The molecule has 0 atom stereocenters. The lowest BCUT2D eigenvalue weighted by Gasteiger charge is -1.81. The van der Waals surface area contributed by atoms with Crippen LogP contribution in [0.15, 0.2) is 12.2 Å². The highest BCUT2D eigenvalue weighted by molar-refractivity contribution is 8.25. The van der Waals surface area contributed by atoms with Gasteiger partial charge in [0.2, 0.25) is 0 Å². The fourth-order valence-corrected chi connectivity index (χ4v) is 0.670. The maximum absolute atomic E-state index is 10.3. The molecule has 0 aliphatic carbocycles. The SMILES string of the molecule is C/C=C/C(=O)S(=O)(=O)Cl. The fourth-order valence-electron chi connectivity index (χ4n) is 0.217. The van der Waals surface area contributed by atoms with Crippen molar-refractivity contribution in [2.24, 2.45) is 0 Å². The van der Waals surface area contributed by atoms with Gasteiger partial charge in [0.25, 0.3) is 14.2 Å². The zero-order chi connectivity index (χ0) is 7.49. The van der Waals surface area contributed by atoms with Gasteiger partial charge in [-0.05, 0) is 13.0 Å². The van der Waals surface area contributed by atoms with E-state index in [1.54, 1.807) is 0 Å². The Balaban J connectivity index is 4.45. The second-order valence-electron chi connectivity index (χ2n) is 1.26. The van der Waals surface area contributed by atoms with Crippen molar-refractivity contribution >= 4 is 24.8 Å². The molecule has 0 saturated heterocycles. The van der Waals surface area contributed by atoms with Crippen molar-refractivity contribution in [2.75, 3.05) is 0 Å². The second-order valence-corrected chi connectivity index (χ2v) is 3.75. The average molecular weight is 169 g/mol. The minimum atomic E-state index is -4.02. The van der Waals surface area contributed by atoms with Crippen LogP contribution in [-0.4, -0.2) is 13.5 Å². The Bertz CT molecular complexity index is 226. The molecule has 0 unspecified atom stereocenters. The van der Waals surface area contributed by atoms with E-state index in [-0.39, 0.29) is 0 Å². The van der Waals surface area contributed by atoms with Gasteiger partial charge in [-0.25, -0.2) is 8.42 Å². The van der Waals surface area contributed by atoms with E-state index in [0.29, 0.717) is 0 Å². The Morgan fingerprint density at radius 2 is 2.00 bits per heavy atom. The van der Waals surface area contributed by atoms with Crippen molar-refractivity contribution in [3.8, 4) is 0 Å². The number of carbonyl (C=O) groups excluding carboxylic acids is 1. The minimum absolute atomic E-state index is 0.891. The molecule has 52 valence electrons. The van der Waals surface area contributed by atoms with Crippen LogP contribution in [0.3, 0.4) is 0 Å². The summed E-state index contributed by atoms with van der Waals surface area (Å²) >= 11 is 0. The summed E-state index contributed by atoms with van der Waals surface area (Å²) in [5.41, 5.74) is 0. The van der Waals surface area contributed by atoms with Crippen molar-refractivity contribution in [2.45, 2.75) is 6.92 Å². The average Bonchev–Trinajstić information content (AvgIpc) is 1.64. The third-order valence-electron chi connectivity index (χ3n) is 0.543. The topological polar surface area (TPSA) is 51.2 Å². The van der Waals surface area contributed by atoms with E-state index in [4.69, 9.17) is 0 Å². The molecule has 0 radical (unpaired) electrons. The van der Waals surface area contributed by atoms with Crippen molar-refractivity contribution < 1.29 is 13.2 Å². The van der Waals surface area contributed by atoms with Crippen LogP contribution in [0.25, 0.3) is 0 Å². The molecular formula is C4H5ClO3S. The molecule has 0 aliphatic rings. The highest BCUT2D eigenvalue weighted by atomic mass is 35.7. The van der Waals surface area contributed by atoms with Crippen LogP contribution in [0.1, 0.15) is 6.92 Å². The first-order valence-corrected chi connectivity index (χ1v) is 4.40. The molecule has 0 heterocycles. The molecule has 0 aliphatic heterocycles. The van der Waals surface area contributed by atoms with E-state index >= 15 is 0 Å². The third-order valence-corrected chi connectivity index (χ3v) is 1.62. The zero-order valence-corrected chi connectivity index (χ0v) is 6.24. The quantitative estimate of drug-likeness (QED) is 0.427. The smallest absolute Gasteiger partial charge is 0.275 e. The molecule has 0 fully saturated rings. The van der Waals surface area contributed by atoms with Gasteiger partial charge in [-0.1, -0.05) is 6.08 Å². The molecule has 0 spiro atoms. The maximum atomic E-state index is 10.3. The molecule has 0 aromatic carbocycles. The van der Waals surface area contributed by atoms with E-state index in [1.807, 2.05) is 0 Å². The van der Waals surface area contributed by atoms with E-state index in [9.17, 15) is 13.2 Å². The monoisotopic (exact) mass is 168 g/mol. The summed E-state index contributed by atoms with van der Waals surface area (Å²) in [7, 11) is 0.615. The van der Waals surface area contributed by atoms with Gasteiger partial charge in [-0.2, -0.15) is 0 Å². The molecule has 0 N–H and O–H groups in total. The minimum Gasteiger partial charge on any atom is -0.275 e. The summed E-state index contributed by atoms with van der Waals surface area (Å²) < 4.78 is 20.2. The third kappa shape index (κ3) is 3.26. The summed E-state index contributed by atoms with van der Waals surface area (Å²) in [4.78, 5) is 10.3. The van der Waals surface area contributed by atoms with Crippen molar-refractivity contribution in [3.63, 3.8) is 0 Å². The fraction of sp³-hybridized carbons (Fsp3) is 0.250. The summed E-state index contributed by atoms with van der Waals surface area (Å²) in [5.74, 6) is 0. The Morgan fingerprint density at radius 3 is 2.11 bits per heavy atom. The van der Waals surface area contributed by atoms with Gasteiger partial charge in [0, 0.05) is 10.7 Å². The van der Waals surface area contributed by atoms with Crippen LogP contribution in [0, 0.1) is 0 Å². The standard InChI is InChI=1S/C4H5ClO3S/c1-2-3-4(6)9(5,7)8/h2-3H,1H3/b3-2+. The Kier molecular flexibility index (Phi) is 2.87. The van der Waals surface area contributed by atoms with Crippen LogP contribution in [-0.2, 0) is 13.8 Å². The summed E-state index contributed by atoms with van der Waals surface area (Å²) in [6, 6.07) is 0. The lowest BCUT2D eigenvalue weighted by Crippen LogP contribution is -2.02. The molecule has 0 amide bonds. The highest BCUT2D eigenvalue weighted by Gasteiger charge is 2.13. The maximum Gasteiger partial charge on any atom is 0.299 e. The first-order valence-electron chi connectivity index (χ1n) is 2.10. The van der Waals surface area contributed by atoms with E-state index in [2.05, 4.69) is 10.7 Å². The van der Waals surface area contributed by atoms with Crippen LogP contribution in [0.4, 0.5) is 0 Å². The zero-order valence-electron chi connectivity index (χ0n) is 4.67. The largest absolute Gasteiger partial charge is 0.299 e. The number of hydrogen-bond acceptors (Lipinski definition) is 3. The molecule has 9 heavy (non-hydrogen) atoms. The van der Waals surface area contributed by atoms with E-state index < -0.39 is 14.2 Å². The Labute approximate surface area is 57.7 Å². The van der Waals surface area contributed by atoms with Crippen LogP contribution in [0.2, 0.25) is 0 Å². The molecule has 5 heteroatoms. The van der Waals surface area contributed by atoms with Gasteiger partial charge in [0.15, 0.2) is 0 Å². The van der Waals surface area contributed by atoms with Crippen LogP contribution < -0.4 is 0 Å². The van der Waals surface area contributed by atoms with Crippen LogP contribution >= 0.6 is 10.7 Å². The predicted molar refractivity (Wildman–Crippen MR) is 34.6 cm³/mol. The number of allylic oxidation sites excluding steroid dienone is 1. The molecule has 0 aromatic rings. The number of rotatable bonds is 1. The first kappa shape index (κ1) is 8.65. The summed E-state index contributed by atoms with van der Waals surface area (Å²) in [6.45, 7) is 1.53. The normalized spacial score (nSPS) is 12.2. The number of halogens is 1.